The van der Waals surface area contributed by atoms with E-state index in [4.69, 9.17) is 11.5 Å². The van der Waals surface area contributed by atoms with Gasteiger partial charge in [-0.15, -0.1) is 0 Å². The summed E-state index contributed by atoms with van der Waals surface area (Å²) in [6.07, 6.45) is 2.45. The maximum atomic E-state index is 11.2. The molecule has 1 aromatic carbocycles. The monoisotopic (exact) mass is 262 g/mol. The summed E-state index contributed by atoms with van der Waals surface area (Å²) in [4.78, 5) is 15.7. The van der Waals surface area contributed by atoms with Crippen molar-refractivity contribution < 1.29 is 4.79 Å². The molecular formula is C14H22N4O. The molecule has 1 aliphatic heterocycles. The highest BCUT2D eigenvalue weighted by Gasteiger charge is 2.23. The van der Waals surface area contributed by atoms with Gasteiger partial charge in [0.15, 0.2) is 0 Å². The predicted molar refractivity (Wildman–Crippen MR) is 78.3 cm³/mol. The molecule has 1 heterocycles. The van der Waals surface area contributed by atoms with Crippen LogP contribution in [-0.4, -0.2) is 44.0 Å². The van der Waals surface area contributed by atoms with E-state index in [0.29, 0.717) is 17.3 Å². The van der Waals surface area contributed by atoms with Crippen LogP contribution >= 0.6 is 0 Å². The minimum absolute atomic E-state index is 0.423. The highest BCUT2D eigenvalue weighted by Crippen LogP contribution is 2.25. The first-order valence-electron chi connectivity index (χ1n) is 6.59. The highest BCUT2D eigenvalue weighted by atomic mass is 16.1. The Kier molecular flexibility index (Phi) is 3.95. The number of likely N-dealkylation sites (N-methyl/N-ethyl adjacent to an activating group) is 2. The quantitative estimate of drug-likeness (QED) is 0.790. The second-order valence-corrected chi connectivity index (χ2v) is 5.30. The Balaban J connectivity index is 2.15. The van der Waals surface area contributed by atoms with Crippen LogP contribution in [0, 0.1) is 0 Å². The second-order valence-electron chi connectivity index (χ2n) is 5.30. The van der Waals surface area contributed by atoms with E-state index in [9.17, 15) is 4.79 Å². The van der Waals surface area contributed by atoms with Crippen LogP contribution < -0.4 is 16.4 Å². The van der Waals surface area contributed by atoms with Crippen molar-refractivity contribution in [1.29, 1.82) is 0 Å². The van der Waals surface area contributed by atoms with Crippen LogP contribution in [0.2, 0.25) is 0 Å². The van der Waals surface area contributed by atoms with Gasteiger partial charge in [-0.05, 0) is 44.6 Å². The summed E-state index contributed by atoms with van der Waals surface area (Å²) in [6, 6.07) is 5.72. The van der Waals surface area contributed by atoms with E-state index in [1.807, 2.05) is 7.05 Å². The third-order valence-corrected chi connectivity index (χ3v) is 3.88. The number of carbonyl (C=O) groups is 1. The summed E-state index contributed by atoms with van der Waals surface area (Å²) in [7, 11) is 4.15. The maximum absolute atomic E-state index is 11.2. The molecule has 0 aromatic heterocycles. The number of carbonyl (C=O) groups excluding carboxylic acids is 1. The first-order chi connectivity index (χ1) is 8.99. The topological polar surface area (TPSA) is 75.6 Å². The molecule has 1 saturated heterocycles. The van der Waals surface area contributed by atoms with Crippen molar-refractivity contribution in [2.24, 2.45) is 5.73 Å². The Morgan fingerprint density at radius 1 is 1.53 bits per heavy atom. The zero-order valence-corrected chi connectivity index (χ0v) is 11.6. The van der Waals surface area contributed by atoms with Gasteiger partial charge in [0, 0.05) is 25.2 Å². The summed E-state index contributed by atoms with van der Waals surface area (Å²) < 4.78 is 0. The van der Waals surface area contributed by atoms with Crippen LogP contribution in [0.4, 0.5) is 11.4 Å². The summed E-state index contributed by atoms with van der Waals surface area (Å²) >= 11 is 0. The molecule has 0 bridgehead atoms. The van der Waals surface area contributed by atoms with Crippen molar-refractivity contribution in [3.8, 4) is 0 Å². The number of nitrogen functional groups attached to an aromatic ring is 1. The van der Waals surface area contributed by atoms with Gasteiger partial charge in [0.1, 0.15) is 0 Å². The highest BCUT2D eigenvalue weighted by molar-refractivity contribution is 5.95. The molecule has 1 fully saturated rings. The fourth-order valence-electron chi connectivity index (χ4n) is 2.65. The van der Waals surface area contributed by atoms with E-state index in [0.717, 1.165) is 18.8 Å². The molecule has 5 nitrogen and oxygen atoms in total. The molecular weight excluding hydrogens is 240 g/mol. The van der Waals surface area contributed by atoms with E-state index in [2.05, 4.69) is 16.8 Å². The van der Waals surface area contributed by atoms with E-state index in [1.54, 1.807) is 18.2 Å². The lowest BCUT2D eigenvalue weighted by atomic mass is 10.1. The molecule has 1 amide bonds. The van der Waals surface area contributed by atoms with E-state index >= 15 is 0 Å². The van der Waals surface area contributed by atoms with Crippen LogP contribution in [0.15, 0.2) is 18.2 Å². The van der Waals surface area contributed by atoms with Gasteiger partial charge in [0.2, 0.25) is 5.91 Å². The summed E-state index contributed by atoms with van der Waals surface area (Å²) in [5, 5.41) is 0. The fraction of sp³-hybridized carbons (Fsp3) is 0.500. The van der Waals surface area contributed by atoms with Crippen LogP contribution in [0.3, 0.4) is 0 Å². The molecule has 2 rings (SSSR count). The molecule has 5 heteroatoms. The first kappa shape index (κ1) is 13.7. The molecule has 104 valence electrons. The number of amides is 1. The minimum Gasteiger partial charge on any atom is -0.397 e. The molecule has 4 N–H and O–H groups in total. The average molecular weight is 262 g/mol. The largest absolute Gasteiger partial charge is 0.397 e. The molecule has 1 aliphatic rings. The Morgan fingerprint density at radius 2 is 2.26 bits per heavy atom. The zero-order chi connectivity index (χ0) is 14.0. The number of hydrogen-bond donors (Lipinski definition) is 2. The molecule has 1 aromatic rings. The molecule has 19 heavy (non-hydrogen) atoms. The van der Waals surface area contributed by atoms with Gasteiger partial charge < -0.3 is 21.3 Å². The van der Waals surface area contributed by atoms with Crippen molar-refractivity contribution in [1.82, 2.24) is 4.90 Å². The van der Waals surface area contributed by atoms with Crippen molar-refractivity contribution in [3.05, 3.63) is 23.8 Å². The molecule has 0 aliphatic carbocycles. The number of primary amides is 1. The van der Waals surface area contributed by atoms with E-state index < -0.39 is 5.91 Å². The Morgan fingerprint density at radius 3 is 2.84 bits per heavy atom. The number of rotatable bonds is 4. The maximum Gasteiger partial charge on any atom is 0.248 e. The Bertz CT molecular complexity index is 475. The zero-order valence-electron chi connectivity index (χ0n) is 11.6. The average Bonchev–Trinajstić information content (AvgIpc) is 2.75. The number of benzene rings is 1. The van der Waals surface area contributed by atoms with Gasteiger partial charge in [-0.3, -0.25) is 4.79 Å². The third kappa shape index (κ3) is 2.98. The normalized spacial score (nSPS) is 19.6. The Hall–Kier alpha value is -1.75. The number of likely N-dealkylation sites (tertiary alicyclic amines) is 1. The molecule has 1 atom stereocenters. The Labute approximate surface area is 114 Å². The van der Waals surface area contributed by atoms with Gasteiger partial charge in [-0.25, -0.2) is 0 Å². The lowest BCUT2D eigenvalue weighted by Crippen LogP contribution is -2.37. The summed E-state index contributed by atoms with van der Waals surface area (Å²) in [5.74, 6) is -0.423. The van der Waals surface area contributed by atoms with Gasteiger partial charge in [-0.2, -0.15) is 0 Å². The number of anilines is 2. The molecule has 0 radical (unpaired) electrons. The number of nitrogens with two attached hydrogens (primary N) is 2. The third-order valence-electron chi connectivity index (χ3n) is 3.88. The number of hydrogen-bond acceptors (Lipinski definition) is 4. The smallest absolute Gasteiger partial charge is 0.248 e. The number of nitrogens with zero attached hydrogens (tertiary/aromatic N) is 2. The predicted octanol–water partition coefficient (Wildman–Crippen LogP) is 0.898. The van der Waals surface area contributed by atoms with Crippen molar-refractivity contribution in [2.75, 3.05) is 37.8 Å². The van der Waals surface area contributed by atoms with E-state index in [-0.39, 0.29) is 0 Å². The van der Waals surface area contributed by atoms with Gasteiger partial charge in [-0.1, -0.05) is 0 Å². The van der Waals surface area contributed by atoms with Crippen LogP contribution in [0.1, 0.15) is 23.2 Å². The minimum atomic E-state index is -0.423. The van der Waals surface area contributed by atoms with Gasteiger partial charge >= 0.3 is 0 Å². The lowest BCUT2D eigenvalue weighted by Gasteiger charge is -2.28. The van der Waals surface area contributed by atoms with Crippen molar-refractivity contribution in [3.63, 3.8) is 0 Å². The van der Waals surface area contributed by atoms with Crippen LogP contribution in [-0.2, 0) is 0 Å². The SMILES string of the molecule is CN(CC1CCCN1C)c1cc(C(N)=O)ccc1N. The second kappa shape index (κ2) is 5.48. The van der Waals surface area contributed by atoms with Crippen molar-refractivity contribution >= 4 is 17.3 Å². The van der Waals surface area contributed by atoms with Gasteiger partial charge in [0.05, 0.1) is 11.4 Å². The van der Waals surface area contributed by atoms with Gasteiger partial charge in [0.25, 0.3) is 0 Å². The molecule has 0 saturated carbocycles. The lowest BCUT2D eigenvalue weighted by molar-refractivity contribution is 0.100. The first-order valence-corrected chi connectivity index (χ1v) is 6.59. The van der Waals surface area contributed by atoms with E-state index in [1.165, 1.54) is 12.8 Å². The fourth-order valence-corrected chi connectivity index (χ4v) is 2.65. The summed E-state index contributed by atoms with van der Waals surface area (Å²) in [5.41, 5.74) is 13.3. The van der Waals surface area contributed by atoms with Crippen LogP contribution in [0.5, 0.6) is 0 Å². The van der Waals surface area contributed by atoms with Crippen molar-refractivity contribution in [2.45, 2.75) is 18.9 Å². The molecule has 0 spiro atoms. The van der Waals surface area contributed by atoms with Crippen LogP contribution in [0.25, 0.3) is 0 Å². The molecule has 1 unspecified atom stereocenters. The summed E-state index contributed by atoms with van der Waals surface area (Å²) in [6.45, 7) is 2.05. The standard InChI is InChI=1S/C14H22N4O/c1-17-7-3-4-11(17)9-18(2)13-8-10(14(16)19)5-6-12(13)15/h5-6,8,11H,3-4,7,9,15H2,1-2H3,(H2,16,19).